The molecule has 0 spiro atoms. The predicted molar refractivity (Wildman–Crippen MR) is 111 cm³/mol. The Balaban J connectivity index is 1.98. The van der Waals surface area contributed by atoms with E-state index in [1.165, 1.54) is 4.90 Å². The van der Waals surface area contributed by atoms with Crippen LogP contribution in [0.5, 0.6) is 5.75 Å². The molecule has 0 bridgehead atoms. The van der Waals surface area contributed by atoms with E-state index >= 15 is 0 Å². The van der Waals surface area contributed by atoms with Crippen LogP contribution in [0.2, 0.25) is 0 Å². The molecule has 1 aliphatic heterocycles. The van der Waals surface area contributed by atoms with E-state index in [1.807, 2.05) is 0 Å². The molecule has 30 heavy (non-hydrogen) atoms. The molecule has 0 saturated carbocycles. The largest absolute Gasteiger partial charge is 0.503 e. The van der Waals surface area contributed by atoms with Gasteiger partial charge in [-0.2, -0.15) is 0 Å². The van der Waals surface area contributed by atoms with Crippen LogP contribution >= 0.6 is 0 Å². The molecule has 1 N–H and O–H groups in total. The average Bonchev–Trinajstić information content (AvgIpc) is 3.29. The fourth-order valence-electron chi connectivity index (χ4n) is 3.43. The summed E-state index contributed by atoms with van der Waals surface area (Å²) in [7, 11) is 1.58. The summed E-state index contributed by atoms with van der Waals surface area (Å²) in [4.78, 5) is 27.4. The number of benzene rings is 1. The van der Waals surface area contributed by atoms with Crippen molar-refractivity contribution < 1.29 is 28.6 Å². The van der Waals surface area contributed by atoms with Gasteiger partial charge in [0.05, 0.1) is 11.6 Å². The maximum Gasteiger partial charge on any atom is 0.290 e. The number of ether oxygens (including phenoxy) is 2. The van der Waals surface area contributed by atoms with Crippen LogP contribution in [0.25, 0.3) is 0 Å². The van der Waals surface area contributed by atoms with Gasteiger partial charge in [-0.1, -0.05) is 24.8 Å². The minimum Gasteiger partial charge on any atom is -0.503 e. The lowest BCUT2D eigenvalue weighted by Crippen LogP contribution is -2.32. The highest BCUT2D eigenvalue weighted by molar-refractivity contribution is 6.15. The Labute approximate surface area is 175 Å². The summed E-state index contributed by atoms with van der Waals surface area (Å²) >= 11 is 0. The van der Waals surface area contributed by atoms with E-state index in [0.29, 0.717) is 43.3 Å². The number of carbonyl (C=O) groups excluding carboxylic acids is 2. The Morgan fingerprint density at radius 3 is 2.60 bits per heavy atom. The summed E-state index contributed by atoms with van der Waals surface area (Å²) in [6, 6.07) is 9.53. The summed E-state index contributed by atoms with van der Waals surface area (Å²) in [5.41, 5.74) is 0.689. The Bertz CT molecular complexity index is 956. The SMILES string of the molecule is C=CCOc1ccc([C@@H]2C(C(=O)c3ccc(C)o3)=C(O)C(=O)N2CCCOC)cc1. The van der Waals surface area contributed by atoms with Gasteiger partial charge in [0.25, 0.3) is 5.91 Å². The zero-order chi connectivity index (χ0) is 21.7. The van der Waals surface area contributed by atoms with E-state index in [4.69, 9.17) is 13.9 Å². The number of aliphatic hydroxyl groups is 1. The van der Waals surface area contributed by atoms with Crippen molar-refractivity contribution in [2.75, 3.05) is 26.9 Å². The van der Waals surface area contributed by atoms with Crippen molar-refractivity contribution in [2.24, 2.45) is 0 Å². The first-order chi connectivity index (χ1) is 14.5. The maximum atomic E-state index is 13.1. The fourth-order valence-corrected chi connectivity index (χ4v) is 3.43. The van der Waals surface area contributed by atoms with E-state index in [1.54, 1.807) is 56.5 Å². The van der Waals surface area contributed by atoms with E-state index in [0.717, 1.165) is 0 Å². The third-order valence-electron chi connectivity index (χ3n) is 4.82. The number of hydrogen-bond donors (Lipinski definition) is 1. The highest BCUT2D eigenvalue weighted by Crippen LogP contribution is 2.39. The minimum atomic E-state index is -0.735. The van der Waals surface area contributed by atoms with Gasteiger partial charge in [-0.25, -0.2) is 0 Å². The predicted octanol–water partition coefficient (Wildman–Crippen LogP) is 3.77. The Morgan fingerprint density at radius 2 is 2.00 bits per heavy atom. The van der Waals surface area contributed by atoms with Crippen LogP contribution in [0.4, 0.5) is 0 Å². The molecule has 7 heteroatoms. The molecular weight excluding hydrogens is 386 g/mol. The van der Waals surface area contributed by atoms with Gasteiger partial charge in [-0.15, -0.1) is 0 Å². The average molecular weight is 411 g/mol. The molecule has 1 aliphatic rings. The lowest BCUT2D eigenvalue weighted by atomic mass is 9.95. The summed E-state index contributed by atoms with van der Waals surface area (Å²) in [6.45, 7) is 6.48. The van der Waals surface area contributed by atoms with Crippen molar-refractivity contribution >= 4 is 11.7 Å². The summed E-state index contributed by atoms with van der Waals surface area (Å²) in [5, 5.41) is 10.6. The quantitative estimate of drug-likeness (QED) is 0.364. The Morgan fingerprint density at radius 1 is 1.27 bits per heavy atom. The number of ketones is 1. The number of methoxy groups -OCH3 is 1. The van der Waals surface area contributed by atoms with Gasteiger partial charge in [0.1, 0.15) is 18.1 Å². The molecule has 0 aliphatic carbocycles. The van der Waals surface area contributed by atoms with Crippen LogP contribution in [0.15, 0.2) is 64.8 Å². The van der Waals surface area contributed by atoms with Crippen LogP contribution in [-0.2, 0) is 9.53 Å². The summed E-state index contributed by atoms with van der Waals surface area (Å²) < 4.78 is 16.0. The molecule has 2 heterocycles. The minimum absolute atomic E-state index is 0.00604. The number of furan rings is 1. The zero-order valence-corrected chi connectivity index (χ0v) is 17.1. The topological polar surface area (TPSA) is 89.2 Å². The number of amides is 1. The van der Waals surface area contributed by atoms with Crippen LogP contribution in [0, 0.1) is 6.92 Å². The van der Waals surface area contributed by atoms with E-state index in [9.17, 15) is 14.7 Å². The van der Waals surface area contributed by atoms with Gasteiger partial charge in [0.15, 0.2) is 11.5 Å². The molecule has 1 atom stereocenters. The van der Waals surface area contributed by atoms with Crippen molar-refractivity contribution in [3.05, 3.63) is 77.5 Å². The second-order valence-corrected chi connectivity index (χ2v) is 6.92. The molecule has 1 aromatic heterocycles. The summed E-state index contributed by atoms with van der Waals surface area (Å²) in [5.74, 6) is -0.369. The summed E-state index contributed by atoms with van der Waals surface area (Å²) in [6.07, 6.45) is 2.21. The van der Waals surface area contributed by atoms with Gasteiger partial charge in [0.2, 0.25) is 5.78 Å². The lowest BCUT2D eigenvalue weighted by Gasteiger charge is -2.26. The van der Waals surface area contributed by atoms with Crippen LogP contribution in [0.3, 0.4) is 0 Å². The second-order valence-electron chi connectivity index (χ2n) is 6.92. The first-order valence-electron chi connectivity index (χ1n) is 9.65. The Hall–Kier alpha value is -3.32. The van der Waals surface area contributed by atoms with E-state index < -0.39 is 23.5 Å². The first kappa shape index (κ1) is 21.4. The normalized spacial score (nSPS) is 16.3. The van der Waals surface area contributed by atoms with Gasteiger partial charge >= 0.3 is 0 Å². The van der Waals surface area contributed by atoms with Crippen molar-refractivity contribution in [3.8, 4) is 5.75 Å². The molecule has 0 radical (unpaired) electrons. The number of hydrogen-bond acceptors (Lipinski definition) is 6. The molecule has 7 nitrogen and oxygen atoms in total. The lowest BCUT2D eigenvalue weighted by molar-refractivity contribution is -0.129. The van der Waals surface area contributed by atoms with Gasteiger partial charge in [-0.05, 0) is 43.2 Å². The number of rotatable bonds is 10. The highest BCUT2D eigenvalue weighted by atomic mass is 16.5. The monoisotopic (exact) mass is 411 g/mol. The molecule has 0 unspecified atom stereocenters. The number of Topliss-reactive ketones (excluding diaryl/α,β-unsaturated/α-hetero) is 1. The van der Waals surface area contributed by atoms with Crippen molar-refractivity contribution in [1.82, 2.24) is 4.90 Å². The molecule has 1 amide bonds. The van der Waals surface area contributed by atoms with Crippen LogP contribution in [-0.4, -0.2) is 48.6 Å². The standard InChI is InChI=1S/C23H25NO6/c1-4-13-29-17-9-7-16(8-10-17)20-19(21(25)18-11-6-15(2)30-18)22(26)23(27)24(20)12-5-14-28-3/h4,6-11,20,26H,1,5,12-14H2,2-3H3/t20-/m1/s1. The zero-order valence-electron chi connectivity index (χ0n) is 17.1. The molecule has 158 valence electrons. The van der Waals surface area contributed by atoms with Gasteiger partial charge in [0, 0.05) is 20.3 Å². The molecule has 0 fully saturated rings. The molecular formula is C23H25NO6. The van der Waals surface area contributed by atoms with Crippen LogP contribution in [0.1, 0.15) is 34.3 Å². The molecule has 3 rings (SSSR count). The third kappa shape index (κ3) is 4.31. The fraction of sp³-hybridized carbons (Fsp3) is 0.304. The third-order valence-corrected chi connectivity index (χ3v) is 4.82. The molecule has 0 saturated heterocycles. The van der Waals surface area contributed by atoms with E-state index in [-0.39, 0.29) is 11.3 Å². The first-order valence-corrected chi connectivity index (χ1v) is 9.65. The number of aliphatic hydroxyl groups excluding tert-OH is 1. The van der Waals surface area contributed by atoms with E-state index in [2.05, 4.69) is 6.58 Å². The highest BCUT2D eigenvalue weighted by Gasteiger charge is 2.44. The second kappa shape index (κ2) is 9.45. The van der Waals surface area contributed by atoms with Crippen molar-refractivity contribution in [1.29, 1.82) is 0 Å². The number of nitrogens with zero attached hydrogens (tertiary/aromatic N) is 1. The van der Waals surface area contributed by atoms with Crippen molar-refractivity contribution in [2.45, 2.75) is 19.4 Å². The van der Waals surface area contributed by atoms with Crippen LogP contribution < -0.4 is 4.74 Å². The number of carbonyl (C=O) groups is 2. The van der Waals surface area contributed by atoms with Gasteiger partial charge in [-0.3, -0.25) is 9.59 Å². The number of aryl methyl sites for hydroxylation is 1. The molecule has 1 aromatic carbocycles. The van der Waals surface area contributed by atoms with Gasteiger partial charge < -0.3 is 23.9 Å². The molecule has 2 aromatic rings. The Kier molecular flexibility index (Phi) is 6.74. The van der Waals surface area contributed by atoms with Crippen molar-refractivity contribution in [3.63, 3.8) is 0 Å². The maximum absolute atomic E-state index is 13.1. The smallest absolute Gasteiger partial charge is 0.290 e.